The maximum Gasteiger partial charge on any atom is 0.253 e. The fourth-order valence-corrected chi connectivity index (χ4v) is 5.32. The van der Waals surface area contributed by atoms with Crippen molar-refractivity contribution >= 4 is 17.5 Å². The van der Waals surface area contributed by atoms with E-state index in [1.165, 1.54) is 6.42 Å². The predicted molar refractivity (Wildman–Crippen MR) is 144 cm³/mol. The van der Waals surface area contributed by atoms with Crippen molar-refractivity contribution in [2.45, 2.75) is 57.5 Å². The van der Waals surface area contributed by atoms with Gasteiger partial charge in [0, 0.05) is 18.2 Å². The van der Waals surface area contributed by atoms with Crippen molar-refractivity contribution in [1.29, 1.82) is 0 Å². The third kappa shape index (κ3) is 6.39. The lowest BCUT2D eigenvalue weighted by molar-refractivity contribution is -0.121. The van der Waals surface area contributed by atoms with Gasteiger partial charge in [-0.2, -0.15) is 4.98 Å². The van der Waals surface area contributed by atoms with E-state index >= 15 is 0 Å². The number of nitrogens with one attached hydrogen (secondary N) is 2. The normalized spacial score (nSPS) is 18.6. The van der Waals surface area contributed by atoms with Gasteiger partial charge in [0.25, 0.3) is 5.91 Å². The summed E-state index contributed by atoms with van der Waals surface area (Å²) in [6, 6.07) is 15.0. The second-order valence-corrected chi connectivity index (χ2v) is 10.2. The molecule has 0 radical (unpaired) electrons. The molecule has 1 aliphatic carbocycles. The van der Waals surface area contributed by atoms with Crippen LogP contribution in [0.25, 0.3) is 11.4 Å². The highest BCUT2D eigenvalue weighted by Crippen LogP contribution is 2.24. The van der Waals surface area contributed by atoms with Crippen molar-refractivity contribution in [2.75, 3.05) is 25.5 Å². The molecule has 5 rings (SSSR count). The van der Waals surface area contributed by atoms with E-state index < -0.39 is 0 Å². The fourth-order valence-electron chi connectivity index (χ4n) is 5.32. The van der Waals surface area contributed by atoms with Crippen LogP contribution in [0.1, 0.15) is 61.2 Å². The number of likely N-dealkylation sites (tertiary alicyclic amines) is 1. The van der Waals surface area contributed by atoms with Gasteiger partial charge in [-0.1, -0.05) is 36.6 Å². The molecule has 1 saturated heterocycles. The quantitative estimate of drug-likeness (QED) is 0.447. The van der Waals surface area contributed by atoms with E-state index in [9.17, 15) is 9.59 Å². The molecule has 1 unspecified atom stereocenters. The first kappa shape index (κ1) is 25.9. The van der Waals surface area contributed by atoms with E-state index in [-0.39, 0.29) is 23.8 Å². The maximum absolute atomic E-state index is 13.2. The zero-order chi connectivity index (χ0) is 26.3. The van der Waals surface area contributed by atoms with Crippen LogP contribution in [-0.4, -0.2) is 53.1 Å². The standard InChI is InChI=1S/C29H35N5O4/c1-37-23-15-13-20(14-16-23)27-32-26(38-33-27)19-34-17-7-8-21(18-34)28(35)31-25-12-6-5-11-24(25)29(36)30-22-9-3-2-4-10-22/h5-6,11-16,21-22H,2-4,7-10,17-19H2,1H3,(H,30,36)(H,31,35). The Kier molecular flexibility index (Phi) is 8.33. The molecule has 9 heteroatoms. The molecule has 2 amide bonds. The number of amides is 2. The van der Waals surface area contributed by atoms with Gasteiger partial charge in [-0.25, -0.2) is 0 Å². The van der Waals surface area contributed by atoms with Gasteiger partial charge < -0.3 is 19.9 Å². The number of ether oxygens (including phenoxy) is 1. The molecule has 1 atom stereocenters. The number of piperidine rings is 1. The number of hydrogen-bond acceptors (Lipinski definition) is 7. The molecule has 1 saturated carbocycles. The van der Waals surface area contributed by atoms with Crippen LogP contribution in [0.15, 0.2) is 53.1 Å². The summed E-state index contributed by atoms with van der Waals surface area (Å²) in [6.45, 7) is 1.92. The van der Waals surface area contributed by atoms with Crippen LogP contribution in [0, 0.1) is 5.92 Å². The number of methoxy groups -OCH3 is 1. The Labute approximate surface area is 222 Å². The largest absolute Gasteiger partial charge is 0.497 e. The van der Waals surface area contributed by atoms with Gasteiger partial charge in [0.1, 0.15) is 5.75 Å². The average Bonchev–Trinajstić information content (AvgIpc) is 3.42. The number of nitrogens with zero attached hydrogens (tertiary/aromatic N) is 3. The summed E-state index contributed by atoms with van der Waals surface area (Å²) in [4.78, 5) is 32.9. The third-order valence-corrected chi connectivity index (χ3v) is 7.42. The molecule has 0 spiro atoms. The monoisotopic (exact) mass is 517 g/mol. The van der Waals surface area contributed by atoms with Crippen molar-refractivity contribution < 1.29 is 18.8 Å². The van der Waals surface area contributed by atoms with Crippen molar-refractivity contribution in [1.82, 2.24) is 20.4 Å². The molecule has 38 heavy (non-hydrogen) atoms. The molecular weight excluding hydrogens is 482 g/mol. The Morgan fingerprint density at radius 3 is 2.61 bits per heavy atom. The lowest BCUT2D eigenvalue weighted by Gasteiger charge is -2.31. The summed E-state index contributed by atoms with van der Waals surface area (Å²) < 4.78 is 10.7. The minimum Gasteiger partial charge on any atom is -0.497 e. The van der Waals surface area contributed by atoms with Gasteiger partial charge >= 0.3 is 0 Å². The molecule has 2 N–H and O–H groups in total. The molecule has 2 heterocycles. The summed E-state index contributed by atoms with van der Waals surface area (Å²) in [6.07, 6.45) is 7.23. The van der Waals surface area contributed by atoms with Crippen molar-refractivity contribution in [3.05, 3.63) is 60.0 Å². The zero-order valence-electron chi connectivity index (χ0n) is 21.8. The number of rotatable bonds is 8. The van der Waals surface area contributed by atoms with Gasteiger partial charge in [-0.3, -0.25) is 14.5 Å². The van der Waals surface area contributed by atoms with Crippen molar-refractivity contribution in [3.63, 3.8) is 0 Å². The molecule has 2 fully saturated rings. The second-order valence-electron chi connectivity index (χ2n) is 10.2. The number of anilines is 1. The van der Waals surface area contributed by atoms with Gasteiger partial charge in [-0.15, -0.1) is 0 Å². The number of benzene rings is 2. The van der Waals surface area contributed by atoms with Crippen LogP contribution in [0.5, 0.6) is 5.75 Å². The van der Waals surface area contributed by atoms with Crippen LogP contribution in [-0.2, 0) is 11.3 Å². The van der Waals surface area contributed by atoms with Crippen LogP contribution in [0.2, 0.25) is 0 Å². The summed E-state index contributed by atoms with van der Waals surface area (Å²) >= 11 is 0. The van der Waals surface area contributed by atoms with Gasteiger partial charge in [0.15, 0.2) is 0 Å². The van der Waals surface area contributed by atoms with Crippen LogP contribution in [0.4, 0.5) is 5.69 Å². The molecule has 2 aliphatic rings. The average molecular weight is 518 g/mol. The molecular formula is C29H35N5O4. The second kappa shape index (κ2) is 12.2. The van der Waals surface area contributed by atoms with Crippen molar-refractivity contribution in [3.8, 4) is 17.1 Å². The van der Waals surface area contributed by atoms with Crippen LogP contribution >= 0.6 is 0 Å². The van der Waals surface area contributed by atoms with E-state index in [1.807, 2.05) is 36.4 Å². The molecule has 1 aliphatic heterocycles. The lowest BCUT2D eigenvalue weighted by Crippen LogP contribution is -2.40. The Hall–Kier alpha value is -3.72. The van der Waals surface area contributed by atoms with E-state index in [1.54, 1.807) is 19.2 Å². The van der Waals surface area contributed by atoms with E-state index in [2.05, 4.69) is 25.7 Å². The zero-order valence-corrected chi connectivity index (χ0v) is 21.8. The molecule has 3 aromatic rings. The Balaban J connectivity index is 1.18. The third-order valence-electron chi connectivity index (χ3n) is 7.42. The highest BCUT2D eigenvalue weighted by Gasteiger charge is 2.28. The fraction of sp³-hybridized carbons (Fsp3) is 0.448. The van der Waals surface area contributed by atoms with E-state index in [0.29, 0.717) is 36.1 Å². The first-order chi connectivity index (χ1) is 18.6. The number of aromatic nitrogens is 2. The lowest BCUT2D eigenvalue weighted by atomic mass is 9.95. The summed E-state index contributed by atoms with van der Waals surface area (Å²) in [5, 5.41) is 10.3. The van der Waals surface area contributed by atoms with Gasteiger partial charge in [0.2, 0.25) is 17.6 Å². The topological polar surface area (TPSA) is 110 Å². The minimum absolute atomic E-state index is 0.0722. The number of para-hydroxylation sites is 1. The molecule has 0 bridgehead atoms. The molecule has 200 valence electrons. The van der Waals surface area contributed by atoms with E-state index in [0.717, 1.165) is 56.4 Å². The SMILES string of the molecule is COc1ccc(-c2noc(CN3CCCC(C(=O)Nc4ccccc4C(=O)NC4CCCCC4)C3)n2)cc1. The smallest absolute Gasteiger partial charge is 0.253 e. The highest BCUT2D eigenvalue weighted by atomic mass is 16.5. The molecule has 1 aromatic heterocycles. The van der Waals surface area contributed by atoms with Gasteiger partial charge in [0.05, 0.1) is 30.8 Å². The highest BCUT2D eigenvalue weighted by molar-refractivity contribution is 6.04. The summed E-state index contributed by atoms with van der Waals surface area (Å²) in [5.74, 6) is 1.42. The Bertz CT molecular complexity index is 1240. The van der Waals surface area contributed by atoms with E-state index in [4.69, 9.17) is 9.26 Å². The van der Waals surface area contributed by atoms with Crippen LogP contribution in [0.3, 0.4) is 0 Å². The maximum atomic E-state index is 13.2. The first-order valence-electron chi connectivity index (χ1n) is 13.5. The van der Waals surface area contributed by atoms with Crippen LogP contribution < -0.4 is 15.4 Å². The molecule has 2 aromatic carbocycles. The first-order valence-corrected chi connectivity index (χ1v) is 13.5. The van der Waals surface area contributed by atoms with Gasteiger partial charge in [-0.05, 0) is 68.6 Å². The number of carbonyl (C=O) groups is 2. The summed E-state index contributed by atoms with van der Waals surface area (Å²) in [5.41, 5.74) is 1.92. The number of hydrogen-bond donors (Lipinski definition) is 2. The Morgan fingerprint density at radius 2 is 1.82 bits per heavy atom. The number of carbonyl (C=O) groups excluding carboxylic acids is 2. The minimum atomic E-state index is -0.192. The Morgan fingerprint density at radius 1 is 1.03 bits per heavy atom. The summed E-state index contributed by atoms with van der Waals surface area (Å²) in [7, 11) is 1.63. The predicted octanol–water partition coefficient (Wildman–Crippen LogP) is 4.66. The molecule has 9 nitrogen and oxygen atoms in total. The van der Waals surface area contributed by atoms with Crippen molar-refractivity contribution in [2.24, 2.45) is 5.92 Å².